The molecule has 1 amide bonds. The van der Waals surface area contributed by atoms with E-state index in [-0.39, 0.29) is 11.9 Å². The van der Waals surface area contributed by atoms with E-state index in [0.29, 0.717) is 13.1 Å². The average molecular weight is 247 g/mol. The summed E-state index contributed by atoms with van der Waals surface area (Å²) in [7, 11) is 0. The molecule has 0 spiro atoms. The molecule has 1 aromatic rings. The number of carbonyl (C=O) groups is 1. The first-order valence-corrected chi connectivity index (χ1v) is 6.51. The van der Waals surface area contributed by atoms with E-state index in [2.05, 4.69) is 29.3 Å². The Bertz CT molecular complexity index is 445. The lowest BCUT2D eigenvalue weighted by molar-refractivity contribution is -0.123. The molecule has 18 heavy (non-hydrogen) atoms. The van der Waals surface area contributed by atoms with Crippen LogP contribution in [0.25, 0.3) is 0 Å². The number of carbonyl (C=O) groups excluding carboxylic acids is 1. The molecule has 1 aliphatic rings. The van der Waals surface area contributed by atoms with Crippen molar-refractivity contribution < 1.29 is 4.79 Å². The first-order chi connectivity index (χ1) is 8.67. The second kappa shape index (κ2) is 5.40. The van der Waals surface area contributed by atoms with E-state index in [1.165, 1.54) is 5.56 Å². The number of nitrogens with two attached hydrogens (primary N) is 1. The van der Waals surface area contributed by atoms with Crippen molar-refractivity contribution in [3.8, 4) is 0 Å². The molecule has 0 saturated carbocycles. The summed E-state index contributed by atoms with van der Waals surface area (Å²) < 4.78 is 0. The number of nitrogens with zero attached hydrogens (tertiary/aromatic N) is 1. The highest BCUT2D eigenvalue weighted by atomic mass is 16.2. The molecule has 1 saturated heterocycles. The van der Waals surface area contributed by atoms with Crippen molar-refractivity contribution in [2.75, 3.05) is 18.0 Å². The molecular weight excluding hydrogens is 226 g/mol. The maximum absolute atomic E-state index is 11.9. The zero-order chi connectivity index (χ0) is 13.1. The van der Waals surface area contributed by atoms with Gasteiger partial charge in [-0.05, 0) is 30.5 Å². The van der Waals surface area contributed by atoms with Crippen LogP contribution in [-0.4, -0.2) is 25.0 Å². The molecule has 3 N–H and O–H groups in total. The van der Waals surface area contributed by atoms with E-state index in [1.54, 1.807) is 0 Å². The Morgan fingerprint density at radius 2 is 2.28 bits per heavy atom. The van der Waals surface area contributed by atoms with Gasteiger partial charge in [0.2, 0.25) is 5.91 Å². The lowest BCUT2D eigenvalue weighted by atomic mass is 10.0. The first kappa shape index (κ1) is 12.9. The number of nitrogens with one attached hydrogen (secondary N) is 1. The fourth-order valence-corrected chi connectivity index (χ4v) is 2.58. The van der Waals surface area contributed by atoms with Crippen LogP contribution in [0.1, 0.15) is 24.5 Å². The monoisotopic (exact) mass is 247 g/mol. The Balaban J connectivity index is 2.31. The summed E-state index contributed by atoms with van der Waals surface area (Å²) in [6.07, 6.45) is 0.823. The summed E-state index contributed by atoms with van der Waals surface area (Å²) in [5.74, 6) is 0.131. The minimum atomic E-state index is -0.0545. The predicted molar refractivity (Wildman–Crippen MR) is 73.5 cm³/mol. The molecule has 0 aromatic heterocycles. The van der Waals surface area contributed by atoms with E-state index in [4.69, 9.17) is 5.73 Å². The Kier molecular flexibility index (Phi) is 3.87. The van der Waals surface area contributed by atoms with E-state index < -0.39 is 0 Å². The minimum Gasteiger partial charge on any atom is -0.358 e. The van der Waals surface area contributed by atoms with Crippen LogP contribution in [0.2, 0.25) is 0 Å². The average Bonchev–Trinajstić information content (AvgIpc) is 2.38. The van der Waals surface area contributed by atoms with Gasteiger partial charge in [0.25, 0.3) is 0 Å². The number of piperazine rings is 1. The summed E-state index contributed by atoms with van der Waals surface area (Å²) in [4.78, 5) is 14.1. The van der Waals surface area contributed by atoms with Crippen LogP contribution in [0.15, 0.2) is 18.2 Å². The second-order valence-electron chi connectivity index (χ2n) is 4.73. The molecule has 2 rings (SSSR count). The number of hydrogen-bond acceptors (Lipinski definition) is 3. The zero-order valence-corrected chi connectivity index (χ0v) is 11.1. The van der Waals surface area contributed by atoms with Gasteiger partial charge < -0.3 is 16.0 Å². The van der Waals surface area contributed by atoms with Gasteiger partial charge in [-0.2, -0.15) is 0 Å². The fourth-order valence-electron chi connectivity index (χ4n) is 2.58. The minimum absolute atomic E-state index is 0.0545. The summed E-state index contributed by atoms with van der Waals surface area (Å²) in [5.41, 5.74) is 9.11. The van der Waals surface area contributed by atoms with Crippen LogP contribution in [0, 0.1) is 6.92 Å². The largest absolute Gasteiger partial charge is 0.358 e. The molecule has 4 nitrogen and oxygen atoms in total. The van der Waals surface area contributed by atoms with E-state index in [1.807, 2.05) is 13.0 Å². The van der Waals surface area contributed by atoms with Gasteiger partial charge in [-0.25, -0.2) is 0 Å². The summed E-state index contributed by atoms with van der Waals surface area (Å²) in [6.45, 7) is 6.26. The van der Waals surface area contributed by atoms with Crippen molar-refractivity contribution in [3.63, 3.8) is 0 Å². The molecule has 1 fully saturated rings. The van der Waals surface area contributed by atoms with Gasteiger partial charge in [-0.15, -0.1) is 0 Å². The van der Waals surface area contributed by atoms with Gasteiger partial charge in [0, 0.05) is 25.3 Å². The molecule has 1 aromatic carbocycles. The van der Waals surface area contributed by atoms with Crippen molar-refractivity contribution in [3.05, 3.63) is 29.3 Å². The number of aryl methyl sites for hydroxylation is 1. The van der Waals surface area contributed by atoms with E-state index in [0.717, 1.165) is 24.2 Å². The van der Waals surface area contributed by atoms with Gasteiger partial charge in [0.05, 0.1) is 0 Å². The van der Waals surface area contributed by atoms with Crippen LogP contribution in [0.3, 0.4) is 0 Å². The van der Waals surface area contributed by atoms with Crippen LogP contribution >= 0.6 is 0 Å². The van der Waals surface area contributed by atoms with Crippen LogP contribution in [-0.2, 0) is 11.3 Å². The second-order valence-corrected chi connectivity index (χ2v) is 4.73. The highest BCUT2D eigenvalue weighted by Gasteiger charge is 2.28. The Morgan fingerprint density at radius 3 is 2.89 bits per heavy atom. The SMILES string of the molecule is CCC1C(=O)NCCN1c1ccc(CN)cc1C. The van der Waals surface area contributed by atoms with Crippen molar-refractivity contribution in [1.29, 1.82) is 0 Å². The summed E-state index contributed by atoms with van der Waals surface area (Å²) in [6, 6.07) is 6.18. The summed E-state index contributed by atoms with van der Waals surface area (Å²) >= 11 is 0. The number of amides is 1. The highest BCUT2D eigenvalue weighted by molar-refractivity contribution is 5.86. The number of rotatable bonds is 3. The first-order valence-electron chi connectivity index (χ1n) is 6.51. The molecule has 4 heteroatoms. The molecular formula is C14H21N3O. The smallest absolute Gasteiger partial charge is 0.242 e. The van der Waals surface area contributed by atoms with Crippen molar-refractivity contribution in [2.24, 2.45) is 5.73 Å². The molecule has 1 atom stereocenters. The molecule has 1 heterocycles. The Labute approximate surface area is 108 Å². The predicted octanol–water partition coefficient (Wildman–Crippen LogP) is 1.17. The normalized spacial score (nSPS) is 19.8. The quantitative estimate of drug-likeness (QED) is 0.843. The molecule has 0 aliphatic carbocycles. The topological polar surface area (TPSA) is 58.4 Å². The van der Waals surface area contributed by atoms with Crippen LogP contribution < -0.4 is 16.0 Å². The van der Waals surface area contributed by atoms with E-state index in [9.17, 15) is 4.79 Å². The lowest BCUT2D eigenvalue weighted by Crippen LogP contribution is -2.55. The van der Waals surface area contributed by atoms with Crippen LogP contribution in [0.5, 0.6) is 0 Å². The lowest BCUT2D eigenvalue weighted by Gasteiger charge is -2.37. The molecule has 98 valence electrons. The summed E-state index contributed by atoms with van der Waals surface area (Å²) in [5, 5.41) is 2.92. The number of benzene rings is 1. The van der Waals surface area contributed by atoms with Gasteiger partial charge in [-0.3, -0.25) is 4.79 Å². The van der Waals surface area contributed by atoms with Gasteiger partial charge in [-0.1, -0.05) is 19.1 Å². The molecule has 1 aliphatic heterocycles. The standard InChI is InChI=1S/C14H21N3O/c1-3-12-14(18)16-6-7-17(12)13-5-4-11(9-15)8-10(13)2/h4-5,8,12H,3,6-7,9,15H2,1-2H3,(H,16,18). The molecule has 0 radical (unpaired) electrons. The maximum Gasteiger partial charge on any atom is 0.242 e. The Hall–Kier alpha value is -1.55. The third kappa shape index (κ3) is 2.34. The van der Waals surface area contributed by atoms with Gasteiger partial charge in [0.15, 0.2) is 0 Å². The third-order valence-electron chi connectivity index (χ3n) is 3.52. The fraction of sp³-hybridized carbons (Fsp3) is 0.500. The van der Waals surface area contributed by atoms with Crippen LogP contribution in [0.4, 0.5) is 5.69 Å². The van der Waals surface area contributed by atoms with Crippen molar-refractivity contribution >= 4 is 11.6 Å². The van der Waals surface area contributed by atoms with Crippen molar-refractivity contribution in [2.45, 2.75) is 32.9 Å². The maximum atomic E-state index is 11.9. The van der Waals surface area contributed by atoms with E-state index >= 15 is 0 Å². The zero-order valence-electron chi connectivity index (χ0n) is 11.1. The number of hydrogen-bond donors (Lipinski definition) is 2. The third-order valence-corrected chi connectivity index (χ3v) is 3.52. The molecule has 0 bridgehead atoms. The van der Waals surface area contributed by atoms with Gasteiger partial charge in [0.1, 0.15) is 6.04 Å². The van der Waals surface area contributed by atoms with Gasteiger partial charge >= 0.3 is 0 Å². The highest BCUT2D eigenvalue weighted by Crippen LogP contribution is 2.25. The van der Waals surface area contributed by atoms with Crippen molar-refractivity contribution in [1.82, 2.24) is 5.32 Å². The number of anilines is 1. The Morgan fingerprint density at radius 1 is 1.50 bits per heavy atom. The molecule has 1 unspecified atom stereocenters.